The Hall–Kier alpha value is 0.380. The van der Waals surface area contributed by atoms with Gasteiger partial charge in [0.15, 0.2) is 0 Å². The molecule has 0 spiro atoms. The van der Waals surface area contributed by atoms with E-state index in [4.69, 9.17) is 4.55 Å². The van der Waals surface area contributed by atoms with E-state index >= 15 is 0 Å². The van der Waals surface area contributed by atoms with Gasteiger partial charge in [-0.25, -0.2) is 0 Å². The Labute approximate surface area is 164 Å². The van der Waals surface area contributed by atoms with Gasteiger partial charge in [-0.05, 0) is 6.42 Å². The Morgan fingerprint density at radius 1 is 0.870 bits per heavy atom. The number of hydrogen-bond donors (Lipinski definition) is 2. The number of carbonyl (C=O) groups is 1. The first kappa shape index (κ1) is 25.6. The number of rotatable bonds is 15. The van der Waals surface area contributed by atoms with Crippen molar-refractivity contribution < 1.29 is 17.8 Å². The van der Waals surface area contributed by atoms with Crippen molar-refractivity contribution in [1.29, 1.82) is 0 Å². The number of nitrogens with one attached hydrogen (secondary N) is 1. The molecule has 0 atom stereocenters. The zero-order valence-corrected chi connectivity index (χ0v) is 14.8. The van der Waals surface area contributed by atoms with E-state index in [2.05, 4.69) is 12.2 Å². The van der Waals surface area contributed by atoms with E-state index in [-0.39, 0.29) is 42.0 Å². The fourth-order valence-electron chi connectivity index (χ4n) is 2.36. The molecule has 134 valence electrons. The zero-order valence-electron chi connectivity index (χ0n) is 14.0. The van der Waals surface area contributed by atoms with Crippen molar-refractivity contribution in [3.8, 4) is 0 Å². The predicted octanol–water partition coefficient (Wildman–Crippen LogP) is 3.04. The van der Waals surface area contributed by atoms with Gasteiger partial charge in [-0.2, -0.15) is 8.42 Å². The second kappa shape index (κ2) is 17.2. The first-order chi connectivity index (χ1) is 10.5. The van der Waals surface area contributed by atoms with E-state index < -0.39 is 15.9 Å². The molecule has 0 aromatic heterocycles. The second-order valence-electron chi connectivity index (χ2n) is 5.92. The third-order valence-electron chi connectivity index (χ3n) is 3.69. The maximum absolute atomic E-state index is 11.4. The molecule has 23 heavy (non-hydrogen) atoms. The van der Waals surface area contributed by atoms with Crippen molar-refractivity contribution in [2.45, 2.75) is 84.0 Å². The Kier molecular flexibility index (Phi) is 19.2. The third-order valence-corrected chi connectivity index (χ3v) is 4.41. The molecule has 7 heteroatoms. The number of unbranched alkanes of at least 4 members (excludes halogenated alkanes) is 10. The van der Waals surface area contributed by atoms with E-state index in [1.807, 2.05) is 0 Å². The van der Waals surface area contributed by atoms with Crippen LogP contribution < -0.4 is 5.32 Å². The molecule has 0 radical (unpaired) electrons. The van der Waals surface area contributed by atoms with Crippen LogP contribution in [-0.4, -0.2) is 60.7 Å². The SMILES string of the molecule is CCCCCCCCCCCCCC(=O)NCCS(=O)(=O)O.[NaH]. The molecule has 5 nitrogen and oxygen atoms in total. The van der Waals surface area contributed by atoms with E-state index in [1.54, 1.807) is 0 Å². The summed E-state index contributed by atoms with van der Waals surface area (Å²) >= 11 is 0. The summed E-state index contributed by atoms with van der Waals surface area (Å²) in [6.45, 7) is 2.21. The molecule has 0 bridgehead atoms. The van der Waals surface area contributed by atoms with Crippen molar-refractivity contribution in [1.82, 2.24) is 5.32 Å². The molecule has 0 aromatic carbocycles. The number of hydrogen-bond acceptors (Lipinski definition) is 3. The molecule has 0 unspecified atom stereocenters. The van der Waals surface area contributed by atoms with E-state index in [9.17, 15) is 13.2 Å². The predicted molar refractivity (Wildman–Crippen MR) is 97.7 cm³/mol. The van der Waals surface area contributed by atoms with Crippen LogP contribution in [0.4, 0.5) is 0 Å². The van der Waals surface area contributed by atoms with E-state index in [1.165, 1.54) is 51.4 Å². The third kappa shape index (κ3) is 22.4. The van der Waals surface area contributed by atoms with Crippen LogP contribution in [0.25, 0.3) is 0 Å². The first-order valence-corrected chi connectivity index (χ1v) is 10.3. The van der Waals surface area contributed by atoms with Gasteiger partial charge in [0.05, 0.1) is 5.75 Å². The monoisotopic (exact) mass is 359 g/mol. The molecule has 0 saturated carbocycles. The fraction of sp³-hybridized carbons (Fsp3) is 0.938. The molecular formula is C16H34NNaO4S. The standard InChI is InChI=1S/C16H33NO4S.Na.H/c1-2-3-4-5-6-7-8-9-10-11-12-13-16(18)17-14-15-22(19,20)21;;/h2-15H2,1H3,(H,17,18)(H,19,20,21);;. The van der Waals surface area contributed by atoms with Crippen LogP contribution in [0.3, 0.4) is 0 Å². The van der Waals surface area contributed by atoms with Crippen LogP contribution >= 0.6 is 0 Å². The Bertz CT molecular complexity index is 374. The Morgan fingerprint density at radius 3 is 1.74 bits per heavy atom. The van der Waals surface area contributed by atoms with Gasteiger partial charge in [0.25, 0.3) is 10.1 Å². The topological polar surface area (TPSA) is 83.5 Å². The molecule has 0 aliphatic heterocycles. The van der Waals surface area contributed by atoms with E-state index in [0.29, 0.717) is 6.42 Å². The Morgan fingerprint density at radius 2 is 1.30 bits per heavy atom. The molecule has 1 amide bonds. The van der Waals surface area contributed by atoms with Crippen LogP contribution in [0.2, 0.25) is 0 Å². The quantitative estimate of drug-likeness (QED) is 0.267. The van der Waals surface area contributed by atoms with Crippen LogP contribution in [-0.2, 0) is 14.9 Å². The summed E-state index contributed by atoms with van der Waals surface area (Å²) in [6, 6.07) is 0. The van der Waals surface area contributed by atoms with Gasteiger partial charge in [-0.15, -0.1) is 0 Å². The first-order valence-electron chi connectivity index (χ1n) is 8.67. The summed E-state index contributed by atoms with van der Waals surface area (Å²) in [6.07, 6.45) is 14.0. The van der Waals surface area contributed by atoms with Gasteiger partial charge in [0.1, 0.15) is 0 Å². The van der Waals surface area contributed by atoms with Gasteiger partial charge < -0.3 is 5.32 Å². The molecule has 0 aromatic rings. The summed E-state index contributed by atoms with van der Waals surface area (Å²) in [4.78, 5) is 11.4. The minimum absolute atomic E-state index is 0. The minimum atomic E-state index is -3.98. The van der Waals surface area contributed by atoms with Crippen molar-refractivity contribution in [2.75, 3.05) is 12.3 Å². The molecule has 0 heterocycles. The molecule has 0 saturated heterocycles. The molecule has 0 rings (SSSR count). The maximum atomic E-state index is 11.4. The van der Waals surface area contributed by atoms with Gasteiger partial charge >= 0.3 is 29.6 Å². The molecule has 0 aliphatic carbocycles. The molecule has 0 aliphatic rings. The number of amides is 1. The van der Waals surface area contributed by atoms with Crippen LogP contribution in [0.1, 0.15) is 84.0 Å². The number of carbonyl (C=O) groups excluding carboxylic acids is 1. The fourth-order valence-corrected chi connectivity index (χ4v) is 2.72. The second-order valence-corrected chi connectivity index (χ2v) is 7.49. The van der Waals surface area contributed by atoms with Gasteiger partial charge in [-0.3, -0.25) is 9.35 Å². The van der Waals surface area contributed by atoms with Crippen molar-refractivity contribution >= 4 is 45.6 Å². The van der Waals surface area contributed by atoms with E-state index in [0.717, 1.165) is 19.3 Å². The van der Waals surface area contributed by atoms with Crippen molar-refractivity contribution in [3.63, 3.8) is 0 Å². The Balaban J connectivity index is 0. The zero-order chi connectivity index (χ0) is 16.7. The molecular weight excluding hydrogens is 325 g/mol. The van der Waals surface area contributed by atoms with Gasteiger partial charge in [0, 0.05) is 13.0 Å². The summed E-state index contributed by atoms with van der Waals surface area (Å²) in [5.41, 5.74) is 0. The van der Waals surface area contributed by atoms with Crippen molar-refractivity contribution in [2.24, 2.45) is 0 Å². The van der Waals surface area contributed by atoms with Gasteiger partial charge in [0.2, 0.25) is 5.91 Å². The van der Waals surface area contributed by atoms with Crippen LogP contribution in [0.5, 0.6) is 0 Å². The normalized spacial score (nSPS) is 11.0. The summed E-state index contributed by atoms with van der Waals surface area (Å²) in [5.74, 6) is -0.559. The summed E-state index contributed by atoms with van der Waals surface area (Å²) in [5, 5.41) is 2.50. The molecule has 0 fully saturated rings. The summed E-state index contributed by atoms with van der Waals surface area (Å²) < 4.78 is 29.5. The van der Waals surface area contributed by atoms with Crippen molar-refractivity contribution in [3.05, 3.63) is 0 Å². The van der Waals surface area contributed by atoms with Crippen LogP contribution in [0.15, 0.2) is 0 Å². The average molecular weight is 360 g/mol. The average Bonchev–Trinajstić information content (AvgIpc) is 2.43. The van der Waals surface area contributed by atoms with Gasteiger partial charge in [-0.1, -0.05) is 71.1 Å². The summed E-state index contributed by atoms with van der Waals surface area (Å²) in [7, 11) is -3.98. The molecule has 2 N–H and O–H groups in total. The van der Waals surface area contributed by atoms with Crippen LogP contribution in [0, 0.1) is 0 Å².